The van der Waals surface area contributed by atoms with Crippen LogP contribution in [0.2, 0.25) is 0 Å². The normalized spacial score (nSPS) is 13.1. The highest BCUT2D eigenvalue weighted by molar-refractivity contribution is 5.96. The number of hydrogen-bond acceptors (Lipinski definition) is 3. The van der Waals surface area contributed by atoms with Gasteiger partial charge in [0.05, 0.1) is 6.54 Å². The molecule has 1 aliphatic rings. The number of aromatic nitrogens is 2. The van der Waals surface area contributed by atoms with Crippen molar-refractivity contribution < 1.29 is 9.59 Å². The Labute approximate surface area is 170 Å². The summed E-state index contributed by atoms with van der Waals surface area (Å²) in [4.78, 5) is 27.6. The maximum absolute atomic E-state index is 13.0. The summed E-state index contributed by atoms with van der Waals surface area (Å²) in [5.41, 5.74) is 5.01. The van der Waals surface area contributed by atoms with Gasteiger partial charge in [-0.1, -0.05) is 48.0 Å². The van der Waals surface area contributed by atoms with E-state index in [1.807, 2.05) is 68.6 Å². The van der Waals surface area contributed by atoms with Gasteiger partial charge in [-0.25, -0.2) is 0 Å². The van der Waals surface area contributed by atoms with E-state index in [1.54, 1.807) is 9.58 Å². The van der Waals surface area contributed by atoms with E-state index in [-0.39, 0.29) is 11.8 Å². The number of aryl methyl sites for hydroxylation is 2. The molecule has 6 nitrogen and oxygen atoms in total. The first kappa shape index (κ1) is 18.9. The highest BCUT2D eigenvalue weighted by Crippen LogP contribution is 2.24. The Morgan fingerprint density at radius 3 is 2.66 bits per heavy atom. The number of nitrogens with one attached hydrogen (secondary N) is 1. The van der Waals surface area contributed by atoms with Crippen LogP contribution in [0.3, 0.4) is 0 Å². The third-order valence-electron chi connectivity index (χ3n) is 5.31. The molecule has 0 radical (unpaired) electrons. The summed E-state index contributed by atoms with van der Waals surface area (Å²) in [5, 5.41) is 7.40. The van der Waals surface area contributed by atoms with E-state index in [4.69, 9.17) is 0 Å². The van der Waals surface area contributed by atoms with Crippen LogP contribution in [0, 0.1) is 6.92 Å². The Bertz CT molecular complexity index is 1060. The lowest BCUT2D eigenvalue weighted by molar-refractivity contribution is 0.0730. The predicted octanol–water partition coefficient (Wildman–Crippen LogP) is 2.86. The molecule has 1 aliphatic heterocycles. The van der Waals surface area contributed by atoms with E-state index in [2.05, 4.69) is 10.4 Å². The van der Waals surface area contributed by atoms with Crippen LogP contribution in [0.4, 0.5) is 0 Å². The number of carbonyl (C=O) groups is 2. The lowest BCUT2D eigenvalue weighted by atomic mass is 10.0. The third-order valence-corrected chi connectivity index (χ3v) is 5.31. The van der Waals surface area contributed by atoms with Crippen LogP contribution in [-0.4, -0.2) is 33.0 Å². The topological polar surface area (TPSA) is 67.2 Å². The zero-order valence-electron chi connectivity index (χ0n) is 16.7. The number of amides is 2. The van der Waals surface area contributed by atoms with Crippen molar-refractivity contribution in [2.24, 2.45) is 7.05 Å². The summed E-state index contributed by atoms with van der Waals surface area (Å²) in [6, 6.07) is 17.4. The van der Waals surface area contributed by atoms with Gasteiger partial charge in [0.1, 0.15) is 0 Å². The summed E-state index contributed by atoms with van der Waals surface area (Å²) in [6.07, 6.45) is 0.683. The summed E-state index contributed by atoms with van der Waals surface area (Å²) in [7, 11) is 1.85. The molecule has 29 heavy (non-hydrogen) atoms. The van der Waals surface area contributed by atoms with Gasteiger partial charge in [-0.3, -0.25) is 14.3 Å². The van der Waals surface area contributed by atoms with Crippen LogP contribution < -0.4 is 5.32 Å². The molecule has 0 saturated heterocycles. The second kappa shape index (κ2) is 7.91. The molecule has 0 unspecified atom stereocenters. The van der Waals surface area contributed by atoms with Crippen molar-refractivity contribution in [2.45, 2.75) is 26.4 Å². The molecule has 0 spiro atoms. The SMILES string of the molecule is Cc1cccc(C(=O)N2CCc3c(c(C(=O)NCc4ccccc4)nn3C)C2)c1. The molecule has 4 rings (SSSR count). The lowest BCUT2D eigenvalue weighted by Gasteiger charge is -2.27. The van der Waals surface area contributed by atoms with Gasteiger partial charge in [0, 0.05) is 43.4 Å². The van der Waals surface area contributed by atoms with Crippen LogP contribution in [0.25, 0.3) is 0 Å². The Balaban J connectivity index is 1.53. The van der Waals surface area contributed by atoms with Crippen molar-refractivity contribution in [1.82, 2.24) is 20.0 Å². The quantitative estimate of drug-likeness (QED) is 0.747. The van der Waals surface area contributed by atoms with Crippen molar-refractivity contribution in [2.75, 3.05) is 6.54 Å². The third kappa shape index (κ3) is 3.92. The fourth-order valence-corrected chi connectivity index (χ4v) is 3.77. The smallest absolute Gasteiger partial charge is 0.272 e. The van der Waals surface area contributed by atoms with E-state index < -0.39 is 0 Å². The fraction of sp³-hybridized carbons (Fsp3) is 0.261. The molecule has 148 valence electrons. The molecule has 0 fully saturated rings. The number of fused-ring (bicyclic) bond motifs is 1. The molecular formula is C23H24N4O2. The zero-order valence-corrected chi connectivity index (χ0v) is 16.7. The number of hydrogen-bond donors (Lipinski definition) is 1. The second-order valence-corrected chi connectivity index (χ2v) is 7.41. The highest BCUT2D eigenvalue weighted by Gasteiger charge is 2.29. The van der Waals surface area contributed by atoms with Gasteiger partial charge >= 0.3 is 0 Å². The first-order chi connectivity index (χ1) is 14.0. The van der Waals surface area contributed by atoms with E-state index >= 15 is 0 Å². The van der Waals surface area contributed by atoms with Crippen molar-refractivity contribution in [3.63, 3.8) is 0 Å². The monoisotopic (exact) mass is 388 g/mol. The van der Waals surface area contributed by atoms with Gasteiger partial charge in [0.25, 0.3) is 11.8 Å². The molecule has 2 heterocycles. The molecule has 0 saturated carbocycles. The molecule has 2 amide bonds. The van der Waals surface area contributed by atoms with Gasteiger partial charge in [0.2, 0.25) is 0 Å². The van der Waals surface area contributed by atoms with E-state index in [1.165, 1.54) is 0 Å². The second-order valence-electron chi connectivity index (χ2n) is 7.41. The molecule has 3 aromatic rings. The summed E-state index contributed by atoms with van der Waals surface area (Å²) in [6.45, 7) is 3.42. The Morgan fingerprint density at radius 2 is 1.90 bits per heavy atom. The minimum absolute atomic E-state index is 0.0150. The molecule has 0 bridgehead atoms. The fourth-order valence-electron chi connectivity index (χ4n) is 3.77. The van der Waals surface area contributed by atoms with Gasteiger partial charge < -0.3 is 10.2 Å². The number of nitrogens with zero attached hydrogens (tertiary/aromatic N) is 3. The van der Waals surface area contributed by atoms with Crippen LogP contribution in [0.15, 0.2) is 54.6 Å². The maximum atomic E-state index is 13.0. The van der Waals surface area contributed by atoms with Crippen LogP contribution >= 0.6 is 0 Å². The van der Waals surface area contributed by atoms with Gasteiger partial charge in [-0.2, -0.15) is 5.10 Å². The molecule has 1 aromatic heterocycles. The van der Waals surface area contributed by atoms with Crippen molar-refractivity contribution in [3.05, 3.63) is 88.2 Å². The average molecular weight is 388 g/mol. The van der Waals surface area contributed by atoms with Gasteiger partial charge in [0.15, 0.2) is 5.69 Å². The number of carbonyl (C=O) groups excluding carboxylic acids is 2. The summed E-state index contributed by atoms with van der Waals surface area (Å²) < 4.78 is 1.77. The van der Waals surface area contributed by atoms with Crippen molar-refractivity contribution >= 4 is 11.8 Å². The molecule has 1 N–H and O–H groups in total. The van der Waals surface area contributed by atoms with Crippen molar-refractivity contribution in [1.29, 1.82) is 0 Å². The molecule has 0 aliphatic carbocycles. The summed E-state index contributed by atoms with van der Waals surface area (Å²) in [5.74, 6) is -0.227. The Morgan fingerprint density at radius 1 is 1.10 bits per heavy atom. The van der Waals surface area contributed by atoms with Gasteiger partial charge in [-0.15, -0.1) is 0 Å². The van der Waals surface area contributed by atoms with Crippen LogP contribution in [0.5, 0.6) is 0 Å². The number of rotatable bonds is 4. The highest BCUT2D eigenvalue weighted by atomic mass is 16.2. The van der Waals surface area contributed by atoms with E-state index in [9.17, 15) is 9.59 Å². The predicted molar refractivity (Wildman–Crippen MR) is 110 cm³/mol. The zero-order chi connectivity index (χ0) is 20.4. The first-order valence-electron chi connectivity index (χ1n) is 9.76. The largest absolute Gasteiger partial charge is 0.347 e. The van der Waals surface area contributed by atoms with Crippen LogP contribution in [-0.2, 0) is 26.6 Å². The number of benzene rings is 2. The van der Waals surface area contributed by atoms with Gasteiger partial charge in [-0.05, 0) is 24.6 Å². The maximum Gasteiger partial charge on any atom is 0.272 e. The Hall–Kier alpha value is -3.41. The van der Waals surface area contributed by atoms with E-state index in [0.717, 1.165) is 22.4 Å². The average Bonchev–Trinajstić information content (AvgIpc) is 3.08. The molecule has 6 heteroatoms. The molecule has 2 aromatic carbocycles. The Kier molecular flexibility index (Phi) is 5.16. The summed E-state index contributed by atoms with van der Waals surface area (Å²) >= 11 is 0. The molecule has 0 atom stereocenters. The van der Waals surface area contributed by atoms with Crippen molar-refractivity contribution in [3.8, 4) is 0 Å². The standard InChI is InChI=1S/C23H24N4O2/c1-16-7-6-10-18(13-16)23(29)27-12-11-20-19(15-27)21(25-26(20)2)22(28)24-14-17-8-4-3-5-9-17/h3-10,13H,11-12,14-15H2,1-2H3,(H,24,28). The minimum atomic E-state index is -0.212. The minimum Gasteiger partial charge on any atom is -0.347 e. The first-order valence-corrected chi connectivity index (χ1v) is 9.76. The lowest BCUT2D eigenvalue weighted by Crippen LogP contribution is -2.37. The van der Waals surface area contributed by atoms with Crippen LogP contribution in [0.1, 0.15) is 43.2 Å². The molecular weight excluding hydrogens is 364 g/mol. The van der Waals surface area contributed by atoms with E-state index in [0.29, 0.717) is 37.3 Å².